The molecule has 0 amide bonds. The van der Waals surface area contributed by atoms with Gasteiger partial charge in [0, 0.05) is 18.8 Å². The Morgan fingerprint density at radius 2 is 1.53 bits per heavy atom. The van der Waals surface area contributed by atoms with Crippen LogP contribution < -0.4 is 5.56 Å². The van der Waals surface area contributed by atoms with Gasteiger partial charge in [0.25, 0.3) is 5.56 Å². The number of hydrogen-bond donors (Lipinski definition) is 0. The van der Waals surface area contributed by atoms with Gasteiger partial charge >= 0.3 is 0 Å². The first kappa shape index (κ1) is 11.6. The van der Waals surface area contributed by atoms with Crippen molar-refractivity contribution in [2.24, 2.45) is 7.05 Å². The molecular formula is C15H17NO. The maximum absolute atomic E-state index is 11.6. The molecule has 0 bridgehead atoms. The van der Waals surface area contributed by atoms with Crippen LogP contribution in [0.2, 0.25) is 0 Å². The summed E-state index contributed by atoms with van der Waals surface area (Å²) in [4.78, 5) is 11.6. The molecule has 0 saturated heterocycles. The quantitative estimate of drug-likeness (QED) is 0.734. The van der Waals surface area contributed by atoms with Crippen molar-refractivity contribution in [3.05, 3.63) is 57.5 Å². The van der Waals surface area contributed by atoms with Gasteiger partial charge in [-0.3, -0.25) is 4.79 Å². The van der Waals surface area contributed by atoms with E-state index in [1.807, 2.05) is 19.2 Å². The molecule has 2 nitrogen and oxygen atoms in total. The van der Waals surface area contributed by atoms with E-state index in [9.17, 15) is 4.79 Å². The highest BCUT2D eigenvalue weighted by molar-refractivity contribution is 5.64. The Morgan fingerprint density at radius 3 is 2.12 bits per heavy atom. The standard InChI is InChI=1S/C15H17NO/c1-10-5-6-13(7-11(10)2)14-8-12(3)15(17)16(4)9-14/h5-9H,1-4H3. The van der Waals surface area contributed by atoms with Crippen LogP contribution >= 0.6 is 0 Å². The number of rotatable bonds is 1. The second kappa shape index (κ2) is 4.21. The zero-order valence-corrected chi connectivity index (χ0v) is 10.7. The van der Waals surface area contributed by atoms with E-state index in [4.69, 9.17) is 0 Å². The summed E-state index contributed by atoms with van der Waals surface area (Å²) in [5.74, 6) is 0. The van der Waals surface area contributed by atoms with Crippen LogP contribution in [0.5, 0.6) is 0 Å². The summed E-state index contributed by atoms with van der Waals surface area (Å²) in [6.07, 6.45) is 1.89. The van der Waals surface area contributed by atoms with Crippen LogP contribution in [-0.2, 0) is 7.05 Å². The molecule has 0 N–H and O–H groups in total. The van der Waals surface area contributed by atoms with Crippen LogP contribution in [0.1, 0.15) is 16.7 Å². The topological polar surface area (TPSA) is 22.0 Å². The Balaban J connectivity index is 2.61. The molecule has 0 radical (unpaired) electrons. The van der Waals surface area contributed by atoms with Gasteiger partial charge in [0.15, 0.2) is 0 Å². The lowest BCUT2D eigenvalue weighted by Gasteiger charge is -2.08. The average Bonchev–Trinajstić information content (AvgIpc) is 2.29. The summed E-state index contributed by atoms with van der Waals surface area (Å²) in [5, 5.41) is 0. The molecule has 0 aliphatic rings. The summed E-state index contributed by atoms with van der Waals surface area (Å²) in [6.45, 7) is 6.06. The van der Waals surface area contributed by atoms with E-state index in [2.05, 4.69) is 32.0 Å². The van der Waals surface area contributed by atoms with Gasteiger partial charge in [-0.2, -0.15) is 0 Å². The van der Waals surface area contributed by atoms with E-state index in [1.165, 1.54) is 11.1 Å². The molecule has 17 heavy (non-hydrogen) atoms. The molecule has 88 valence electrons. The second-order valence-corrected chi connectivity index (χ2v) is 4.63. The Labute approximate surface area is 102 Å². The van der Waals surface area contributed by atoms with E-state index in [1.54, 1.807) is 11.6 Å². The number of nitrogens with zero attached hydrogens (tertiary/aromatic N) is 1. The van der Waals surface area contributed by atoms with Crippen molar-refractivity contribution in [1.29, 1.82) is 0 Å². The first-order valence-corrected chi connectivity index (χ1v) is 5.74. The van der Waals surface area contributed by atoms with Crippen LogP contribution in [0.15, 0.2) is 35.3 Å². The smallest absolute Gasteiger partial charge is 0.253 e. The number of pyridine rings is 1. The lowest BCUT2D eigenvalue weighted by Crippen LogP contribution is -2.18. The third-order valence-electron chi connectivity index (χ3n) is 3.20. The molecule has 1 aromatic heterocycles. The maximum Gasteiger partial charge on any atom is 0.253 e. The van der Waals surface area contributed by atoms with Gasteiger partial charge in [0.1, 0.15) is 0 Å². The summed E-state index contributed by atoms with van der Waals surface area (Å²) < 4.78 is 1.64. The number of aryl methyl sites for hydroxylation is 4. The molecule has 2 heteroatoms. The van der Waals surface area contributed by atoms with Gasteiger partial charge in [-0.25, -0.2) is 0 Å². The SMILES string of the molecule is Cc1ccc(-c2cc(C)c(=O)n(C)c2)cc1C. The highest BCUT2D eigenvalue weighted by atomic mass is 16.1. The van der Waals surface area contributed by atoms with E-state index < -0.39 is 0 Å². The largest absolute Gasteiger partial charge is 0.318 e. The van der Waals surface area contributed by atoms with Gasteiger partial charge in [-0.15, -0.1) is 0 Å². The normalized spacial score (nSPS) is 10.6. The summed E-state index contributed by atoms with van der Waals surface area (Å²) >= 11 is 0. The highest BCUT2D eigenvalue weighted by Gasteiger charge is 2.04. The van der Waals surface area contributed by atoms with Gasteiger partial charge in [0.2, 0.25) is 0 Å². The highest BCUT2D eigenvalue weighted by Crippen LogP contribution is 2.21. The van der Waals surface area contributed by atoms with Crippen LogP contribution in [0.4, 0.5) is 0 Å². The minimum atomic E-state index is 0.0672. The van der Waals surface area contributed by atoms with Crippen molar-refractivity contribution in [3.8, 4) is 11.1 Å². The van der Waals surface area contributed by atoms with Crippen LogP contribution in [0.3, 0.4) is 0 Å². The molecule has 2 rings (SSSR count). The summed E-state index contributed by atoms with van der Waals surface area (Å²) in [5.41, 5.74) is 5.66. The van der Waals surface area contributed by atoms with Crippen LogP contribution in [0, 0.1) is 20.8 Å². The number of aromatic nitrogens is 1. The Kier molecular flexibility index (Phi) is 2.88. The molecule has 1 aromatic carbocycles. The first-order valence-electron chi connectivity index (χ1n) is 5.74. The van der Waals surface area contributed by atoms with Gasteiger partial charge in [0.05, 0.1) is 0 Å². The van der Waals surface area contributed by atoms with E-state index in [-0.39, 0.29) is 5.56 Å². The van der Waals surface area contributed by atoms with Gasteiger partial charge in [-0.05, 0) is 49.1 Å². The lowest BCUT2D eigenvalue weighted by molar-refractivity contribution is 0.850. The number of benzene rings is 1. The van der Waals surface area contributed by atoms with Crippen molar-refractivity contribution >= 4 is 0 Å². The molecule has 0 aliphatic heterocycles. The Morgan fingerprint density at radius 1 is 0.882 bits per heavy atom. The molecule has 0 unspecified atom stereocenters. The Bertz CT molecular complexity index is 597. The van der Waals surface area contributed by atoms with Crippen molar-refractivity contribution in [2.75, 3.05) is 0 Å². The second-order valence-electron chi connectivity index (χ2n) is 4.63. The van der Waals surface area contributed by atoms with Crippen molar-refractivity contribution in [3.63, 3.8) is 0 Å². The molecule has 1 heterocycles. The summed E-state index contributed by atoms with van der Waals surface area (Å²) in [7, 11) is 1.79. The molecular weight excluding hydrogens is 210 g/mol. The minimum absolute atomic E-state index is 0.0672. The molecule has 0 spiro atoms. The predicted octanol–water partition coefficient (Wildman–Crippen LogP) is 2.98. The van der Waals surface area contributed by atoms with E-state index in [0.717, 1.165) is 16.7 Å². The lowest BCUT2D eigenvalue weighted by atomic mass is 10.0. The molecule has 0 atom stereocenters. The Hall–Kier alpha value is -1.83. The fourth-order valence-corrected chi connectivity index (χ4v) is 1.96. The first-order chi connectivity index (χ1) is 7.99. The fraction of sp³-hybridized carbons (Fsp3) is 0.267. The fourth-order valence-electron chi connectivity index (χ4n) is 1.96. The third-order valence-corrected chi connectivity index (χ3v) is 3.20. The zero-order valence-electron chi connectivity index (χ0n) is 10.7. The zero-order chi connectivity index (χ0) is 12.6. The van der Waals surface area contributed by atoms with Crippen molar-refractivity contribution in [2.45, 2.75) is 20.8 Å². The third kappa shape index (κ3) is 2.16. The van der Waals surface area contributed by atoms with Crippen molar-refractivity contribution < 1.29 is 0 Å². The molecule has 2 aromatic rings. The van der Waals surface area contributed by atoms with Gasteiger partial charge < -0.3 is 4.57 Å². The van der Waals surface area contributed by atoms with Crippen molar-refractivity contribution in [1.82, 2.24) is 4.57 Å². The minimum Gasteiger partial charge on any atom is -0.318 e. The van der Waals surface area contributed by atoms with Crippen LogP contribution in [0.25, 0.3) is 11.1 Å². The number of hydrogen-bond acceptors (Lipinski definition) is 1. The summed E-state index contributed by atoms with van der Waals surface area (Å²) in [6, 6.07) is 8.33. The predicted molar refractivity (Wildman–Crippen MR) is 71.3 cm³/mol. The van der Waals surface area contributed by atoms with E-state index in [0.29, 0.717) is 0 Å². The molecule has 0 aliphatic carbocycles. The monoisotopic (exact) mass is 227 g/mol. The molecule has 0 saturated carbocycles. The molecule has 0 fully saturated rings. The maximum atomic E-state index is 11.6. The average molecular weight is 227 g/mol. The van der Waals surface area contributed by atoms with E-state index >= 15 is 0 Å². The van der Waals surface area contributed by atoms with Gasteiger partial charge in [-0.1, -0.05) is 18.2 Å². The van der Waals surface area contributed by atoms with Crippen LogP contribution in [-0.4, -0.2) is 4.57 Å².